The smallest absolute Gasteiger partial charge is 0.195 e. The quantitative estimate of drug-likeness (QED) is 0.398. The number of hydrogen-bond donors (Lipinski definition) is 2. The first-order valence-electron chi connectivity index (χ1n) is 8.75. The molecular formula is C20H25F2N3O2. The molecule has 0 unspecified atom stereocenters. The zero-order valence-electron chi connectivity index (χ0n) is 15.6. The van der Waals surface area contributed by atoms with E-state index >= 15 is 0 Å². The van der Waals surface area contributed by atoms with Gasteiger partial charge >= 0.3 is 0 Å². The lowest BCUT2D eigenvalue weighted by molar-refractivity contribution is 0.172. The Labute approximate surface area is 158 Å². The van der Waals surface area contributed by atoms with Crippen molar-refractivity contribution < 1.29 is 18.3 Å². The highest BCUT2D eigenvalue weighted by Gasteiger charge is 2.04. The Hall–Kier alpha value is -2.67. The third kappa shape index (κ3) is 7.62. The molecule has 27 heavy (non-hydrogen) atoms. The summed E-state index contributed by atoms with van der Waals surface area (Å²) in [5, 5.41) is 6.29. The molecule has 0 heterocycles. The Kier molecular flexibility index (Phi) is 8.51. The van der Waals surface area contributed by atoms with Crippen molar-refractivity contribution in [2.24, 2.45) is 4.99 Å². The molecule has 0 aliphatic heterocycles. The zero-order chi connectivity index (χ0) is 19.5. The van der Waals surface area contributed by atoms with Gasteiger partial charge in [0.15, 0.2) is 5.96 Å². The van der Waals surface area contributed by atoms with Crippen LogP contribution >= 0.6 is 0 Å². The molecule has 2 rings (SSSR count). The molecule has 2 N–H and O–H groups in total. The van der Waals surface area contributed by atoms with Gasteiger partial charge < -0.3 is 20.1 Å². The van der Waals surface area contributed by atoms with Crippen LogP contribution in [-0.2, 0) is 11.2 Å². The summed E-state index contributed by atoms with van der Waals surface area (Å²) in [6.07, 6.45) is 1.29. The Balaban J connectivity index is 1.83. The van der Waals surface area contributed by atoms with Gasteiger partial charge in [-0.1, -0.05) is 6.07 Å². The van der Waals surface area contributed by atoms with E-state index in [0.29, 0.717) is 37.7 Å². The monoisotopic (exact) mass is 377 g/mol. The fourth-order valence-electron chi connectivity index (χ4n) is 2.45. The molecule has 0 bridgehead atoms. The van der Waals surface area contributed by atoms with E-state index in [2.05, 4.69) is 15.6 Å². The lowest BCUT2D eigenvalue weighted by Gasteiger charge is -2.13. The molecule has 2 aromatic carbocycles. The Bertz CT molecular complexity index is 734. The van der Waals surface area contributed by atoms with Crippen LogP contribution in [0.2, 0.25) is 0 Å². The van der Waals surface area contributed by atoms with E-state index in [1.54, 1.807) is 14.2 Å². The summed E-state index contributed by atoms with van der Waals surface area (Å²) in [6, 6.07) is 11.1. The summed E-state index contributed by atoms with van der Waals surface area (Å²) in [5.41, 5.74) is 1.41. The van der Waals surface area contributed by atoms with Gasteiger partial charge in [0, 0.05) is 51.6 Å². The van der Waals surface area contributed by atoms with Crippen LogP contribution in [-0.4, -0.2) is 39.9 Å². The number of halogens is 2. The lowest BCUT2D eigenvalue weighted by atomic mass is 10.1. The minimum Gasteiger partial charge on any atom is -0.493 e. The van der Waals surface area contributed by atoms with E-state index in [1.165, 1.54) is 12.1 Å². The molecule has 0 fully saturated rings. The highest BCUT2D eigenvalue weighted by molar-refractivity contribution is 5.93. The van der Waals surface area contributed by atoms with Crippen molar-refractivity contribution in [3.63, 3.8) is 0 Å². The van der Waals surface area contributed by atoms with Crippen LogP contribution in [0.3, 0.4) is 0 Å². The summed E-state index contributed by atoms with van der Waals surface area (Å²) in [7, 11) is 3.32. The Morgan fingerprint density at radius 3 is 2.56 bits per heavy atom. The summed E-state index contributed by atoms with van der Waals surface area (Å²) in [5.74, 6) is 0.162. The third-order valence-corrected chi connectivity index (χ3v) is 3.71. The molecule has 0 saturated heterocycles. The van der Waals surface area contributed by atoms with Crippen molar-refractivity contribution in [3.8, 4) is 5.75 Å². The van der Waals surface area contributed by atoms with Crippen molar-refractivity contribution in [3.05, 3.63) is 59.7 Å². The molecule has 0 amide bonds. The van der Waals surface area contributed by atoms with Crippen molar-refractivity contribution >= 4 is 11.6 Å². The summed E-state index contributed by atoms with van der Waals surface area (Å²) in [4.78, 5) is 4.15. The molecule has 0 aliphatic carbocycles. The molecule has 146 valence electrons. The highest BCUT2D eigenvalue weighted by Crippen LogP contribution is 2.17. The van der Waals surface area contributed by atoms with Crippen LogP contribution in [0.1, 0.15) is 12.0 Å². The second kappa shape index (κ2) is 11.1. The van der Waals surface area contributed by atoms with Crippen molar-refractivity contribution in [1.82, 2.24) is 5.32 Å². The third-order valence-electron chi connectivity index (χ3n) is 3.71. The number of aliphatic imine (C=N–C) groups is 1. The number of guanidine groups is 1. The first-order valence-corrected chi connectivity index (χ1v) is 8.75. The van der Waals surface area contributed by atoms with E-state index in [9.17, 15) is 8.78 Å². The molecule has 0 aliphatic rings. The fraction of sp³-hybridized carbons (Fsp3) is 0.350. The number of anilines is 1. The normalized spacial score (nSPS) is 11.3. The molecule has 0 atom stereocenters. The van der Waals surface area contributed by atoms with Crippen LogP contribution in [0, 0.1) is 11.6 Å². The number of hydrogen-bond acceptors (Lipinski definition) is 3. The predicted octanol–water partition coefficient (Wildman–Crippen LogP) is 3.61. The van der Waals surface area contributed by atoms with E-state index in [4.69, 9.17) is 9.47 Å². The fourth-order valence-corrected chi connectivity index (χ4v) is 2.45. The molecule has 0 spiro atoms. The lowest BCUT2D eigenvalue weighted by Crippen LogP contribution is -2.32. The average molecular weight is 377 g/mol. The van der Waals surface area contributed by atoms with Crippen LogP contribution in [0.5, 0.6) is 5.75 Å². The van der Waals surface area contributed by atoms with E-state index in [0.717, 1.165) is 23.9 Å². The van der Waals surface area contributed by atoms with Crippen LogP contribution in [0.15, 0.2) is 47.5 Å². The van der Waals surface area contributed by atoms with Gasteiger partial charge in [0.05, 0.1) is 6.61 Å². The van der Waals surface area contributed by atoms with Crippen molar-refractivity contribution in [2.75, 3.05) is 39.2 Å². The Morgan fingerprint density at radius 2 is 1.85 bits per heavy atom. The van der Waals surface area contributed by atoms with Gasteiger partial charge in [0.1, 0.15) is 17.4 Å². The number of methoxy groups -OCH3 is 1. The predicted molar refractivity (Wildman–Crippen MR) is 103 cm³/mol. The maximum Gasteiger partial charge on any atom is 0.195 e. The summed E-state index contributed by atoms with van der Waals surface area (Å²) < 4.78 is 37.1. The number of benzene rings is 2. The number of nitrogens with zero attached hydrogens (tertiary/aromatic N) is 1. The molecule has 0 saturated carbocycles. The van der Waals surface area contributed by atoms with Crippen LogP contribution in [0.25, 0.3) is 0 Å². The van der Waals surface area contributed by atoms with Gasteiger partial charge in [-0.3, -0.25) is 4.99 Å². The Morgan fingerprint density at radius 1 is 1.07 bits per heavy atom. The second-order valence-corrected chi connectivity index (χ2v) is 5.87. The van der Waals surface area contributed by atoms with Gasteiger partial charge in [-0.25, -0.2) is 8.78 Å². The molecule has 0 aromatic heterocycles. The maximum atomic E-state index is 13.2. The molecule has 5 nitrogen and oxygen atoms in total. The van der Waals surface area contributed by atoms with E-state index < -0.39 is 11.6 Å². The van der Waals surface area contributed by atoms with Gasteiger partial charge in [0.25, 0.3) is 0 Å². The summed E-state index contributed by atoms with van der Waals surface area (Å²) >= 11 is 0. The average Bonchev–Trinajstić information content (AvgIpc) is 2.64. The standard InChI is InChI=1S/C20H25F2N3O2/c1-23-20(24-8-7-15-11-16(21)13-17(22)12-15)25-18-5-3-6-19(14-18)27-10-4-9-26-2/h3,5-6,11-14H,4,7-10H2,1-2H3,(H2,23,24,25). The second-order valence-electron chi connectivity index (χ2n) is 5.87. The highest BCUT2D eigenvalue weighted by atomic mass is 19.1. The zero-order valence-corrected chi connectivity index (χ0v) is 15.6. The molecule has 0 radical (unpaired) electrons. The van der Waals surface area contributed by atoms with Gasteiger partial charge in [0.2, 0.25) is 0 Å². The van der Waals surface area contributed by atoms with Crippen molar-refractivity contribution in [2.45, 2.75) is 12.8 Å². The number of ether oxygens (including phenoxy) is 2. The number of rotatable bonds is 9. The van der Waals surface area contributed by atoms with E-state index in [1.807, 2.05) is 24.3 Å². The maximum absolute atomic E-state index is 13.2. The first kappa shape index (κ1) is 20.6. The molecule has 7 heteroatoms. The first-order chi connectivity index (χ1) is 13.1. The summed E-state index contributed by atoms with van der Waals surface area (Å²) in [6.45, 7) is 1.72. The van der Waals surface area contributed by atoms with Gasteiger partial charge in [-0.2, -0.15) is 0 Å². The minimum absolute atomic E-state index is 0.470. The van der Waals surface area contributed by atoms with Crippen molar-refractivity contribution in [1.29, 1.82) is 0 Å². The largest absolute Gasteiger partial charge is 0.493 e. The minimum atomic E-state index is -0.574. The van der Waals surface area contributed by atoms with Crippen LogP contribution in [0.4, 0.5) is 14.5 Å². The van der Waals surface area contributed by atoms with Gasteiger partial charge in [-0.15, -0.1) is 0 Å². The van der Waals surface area contributed by atoms with Crippen LogP contribution < -0.4 is 15.4 Å². The SMILES string of the molecule is CN=C(NCCc1cc(F)cc(F)c1)Nc1cccc(OCCCOC)c1. The van der Waals surface area contributed by atoms with E-state index in [-0.39, 0.29) is 0 Å². The topological polar surface area (TPSA) is 54.9 Å². The number of nitrogens with one attached hydrogen (secondary N) is 2. The molecular weight excluding hydrogens is 352 g/mol. The molecule has 2 aromatic rings. The van der Waals surface area contributed by atoms with Gasteiger partial charge in [-0.05, 0) is 36.2 Å².